The zero-order chi connectivity index (χ0) is 23.2. The Hall–Kier alpha value is -2.98. The number of rotatable bonds is 6. The van der Waals surface area contributed by atoms with E-state index >= 15 is 0 Å². The largest absolute Gasteiger partial charge is 0.445 e. The van der Waals surface area contributed by atoms with Gasteiger partial charge < -0.3 is 20.1 Å². The van der Waals surface area contributed by atoms with Gasteiger partial charge >= 0.3 is 6.09 Å². The van der Waals surface area contributed by atoms with Crippen LogP contribution in [0.15, 0.2) is 30.3 Å². The van der Waals surface area contributed by atoms with Crippen molar-refractivity contribution in [3.63, 3.8) is 0 Å². The molecule has 2 saturated heterocycles. The summed E-state index contributed by atoms with van der Waals surface area (Å²) in [4.78, 5) is 44.2. The van der Waals surface area contributed by atoms with E-state index in [1.807, 2.05) is 30.3 Å². The maximum Gasteiger partial charge on any atom is 0.410 e. The second-order valence-corrected chi connectivity index (χ2v) is 9.11. The van der Waals surface area contributed by atoms with E-state index in [1.165, 1.54) is 18.4 Å². The Morgan fingerprint density at radius 2 is 1.94 bits per heavy atom. The van der Waals surface area contributed by atoms with Gasteiger partial charge in [-0.2, -0.15) is 0 Å². The number of aromatic nitrogens is 1. The number of hydrogen-bond acceptors (Lipinski definition) is 7. The van der Waals surface area contributed by atoms with Gasteiger partial charge in [0.2, 0.25) is 5.91 Å². The molecule has 1 atom stereocenters. The Balaban J connectivity index is 1.48. The molecule has 3 amide bonds. The fourth-order valence-corrected chi connectivity index (χ4v) is 5.17. The molecule has 0 aliphatic carbocycles. The van der Waals surface area contributed by atoms with Gasteiger partial charge in [0.15, 0.2) is 5.69 Å². The van der Waals surface area contributed by atoms with Gasteiger partial charge in [0.1, 0.15) is 16.6 Å². The summed E-state index contributed by atoms with van der Waals surface area (Å²) >= 11 is 1.24. The van der Waals surface area contributed by atoms with Crippen molar-refractivity contribution in [3.05, 3.63) is 46.6 Å². The molecule has 33 heavy (non-hydrogen) atoms. The van der Waals surface area contributed by atoms with Gasteiger partial charge in [-0.05, 0) is 31.2 Å². The Labute approximate surface area is 196 Å². The second kappa shape index (κ2) is 10.8. The van der Waals surface area contributed by atoms with E-state index in [9.17, 15) is 14.4 Å². The summed E-state index contributed by atoms with van der Waals surface area (Å²) in [5.74, 6) is -0.669. The molecule has 4 rings (SSSR count). The average Bonchev–Trinajstić information content (AvgIpc) is 3.50. The van der Waals surface area contributed by atoms with Crippen LogP contribution in [0.25, 0.3) is 0 Å². The molecule has 2 aromatic rings. The number of nitrogens with zero attached hydrogens (tertiary/aromatic N) is 2. The number of likely N-dealkylation sites (tertiary alicyclic amines) is 1. The van der Waals surface area contributed by atoms with Gasteiger partial charge in [-0.1, -0.05) is 41.7 Å². The number of benzene rings is 1. The molecule has 0 spiro atoms. The molecule has 2 aliphatic heterocycles. The molecule has 2 fully saturated rings. The van der Waals surface area contributed by atoms with Crippen LogP contribution < -0.4 is 10.6 Å². The van der Waals surface area contributed by atoms with Crippen molar-refractivity contribution in [2.75, 3.05) is 32.1 Å². The zero-order valence-electron chi connectivity index (χ0n) is 18.5. The lowest BCUT2D eigenvalue weighted by Crippen LogP contribution is -2.31. The van der Waals surface area contributed by atoms with Crippen molar-refractivity contribution >= 4 is 34.2 Å². The zero-order valence-corrected chi connectivity index (χ0v) is 19.4. The molecule has 2 aliphatic rings. The standard InChI is InChI=1S/C23H28N4O5S/c1-24-20(29)18-22(26-19(28)16-9-12-31-13-10-16)33-21(25-18)17-8-5-11-27(17)23(30)32-14-15-6-3-2-4-7-15/h2-4,6-7,16-17H,5,8-14H2,1H3,(H,24,29)(H,26,28). The first-order valence-electron chi connectivity index (χ1n) is 11.2. The number of amides is 3. The monoisotopic (exact) mass is 472 g/mol. The molecule has 3 heterocycles. The minimum absolute atomic E-state index is 0.135. The number of carbonyl (C=O) groups excluding carboxylic acids is 3. The maximum atomic E-state index is 12.8. The SMILES string of the molecule is CNC(=O)c1nc(C2CCCN2C(=O)OCc2ccccc2)sc1NC(=O)C1CCOCC1. The minimum atomic E-state index is -0.411. The van der Waals surface area contributed by atoms with Crippen LogP contribution in [0, 0.1) is 5.92 Å². The third-order valence-corrected chi connectivity index (χ3v) is 6.96. The fourth-order valence-electron chi connectivity index (χ4n) is 4.05. The highest BCUT2D eigenvalue weighted by molar-refractivity contribution is 7.16. The topological polar surface area (TPSA) is 110 Å². The summed E-state index contributed by atoms with van der Waals surface area (Å²) in [7, 11) is 1.52. The van der Waals surface area contributed by atoms with Crippen LogP contribution in [0.4, 0.5) is 9.80 Å². The molecule has 176 valence electrons. The van der Waals surface area contributed by atoms with Crippen LogP contribution in [-0.2, 0) is 20.9 Å². The number of nitrogens with one attached hydrogen (secondary N) is 2. The number of anilines is 1. The van der Waals surface area contributed by atoms with Gasteiger partial charge in [0, 0.05) is 32.7 Å². The summed E-state index contributed by atoms with van der Waals surface area (Å²) in [6, 6.07) is 9.21. The summed E-state index contributed by atoms with van der Waals surface area (Å²) in [6.07, 6.45) is 2.41. The van der Waals surface area contributed by atoms with Gasteiger partial charge in [0.05, 0.1) is 6.04 Å². The number of carbonyl (C=O) groups is 3. The molecule has 0 bridgehead atoms. The van der Waals surface area contributed by atoms with Crippen LogP contribution in [0.1, 0.15) is 52.8 Å². The van der Waals surface area contributed by atoms with E-state index in [4.69, 9.17) is 9.47 Å². The van der Waals surface area contributed by atoms with Crippen LogP contribution in [-0.4, -0.2) is 54.6 Å². The molecule has 0 radical (unpaired) electrons. The molecule has 1 aromatic carbocycles. The predicted octanol–water partition coefficient (Wildman–Crippen LogP) is 3.34. The minimum Gasteiger partial charge on any atom is -0.445 e. The highest BCUT2D eigenvalue weighted by atomic mass is 32.1. The molecule has 10 heteroatoms. The fraction of sp³-hybridized carbons (Fsp3) is 0.478. The van der Waals surface area contributed by atoms with Crippen molar-refractivity contribution in [3.8, 4) is 0 Å². The Bertz CT molecular complexity index is 990. The molecule has 0 saturated carbocycles. The van der Waals surface area contributed by atoms with Crippen LogP contribution in [0.3, 0.4) is 0 Å². The van der Waals surface area contributed by atoms with E-state index in [-0.39, 0.29) is 36.1 Å². The predicted molar refractivity (Wildman–Crippen MR) is 123 cm³/mol. The van der Waals surface area contributed by atoms with Crippen LogP contribution in [0.2, 0.25) is 0 Å². The average molecular weight is 473 g/mol. The van der Waals surface area contributed by atoms with Crippen molar-refractivity contribution < 1.29 is 23.9 Å². The van der Waals surface area contributed by atoms with E-state index in [2.05, 4.69) is 15.6 Å². The molecular weight excluding hydrogens is 444 g/mol. The Kier molecular flexibility index (Phi) is 7.56. The Morgan fingerprint density at radius 1 is 1.18 bits per heavy atom. The number of thiazole rings is 1. The smallest absolute Gasteiger partial charge is 0.410 e. The summed E-state index contributed by atoms with van der Waals surface area (Å²) in [5.41, 5.74) is 1.08. The van der Waals surface area contributed by atoms with Crippen LogP contribution in [0.5, 0.6) is 0 Å². The highest BCUT2D eigenvalue weighted by Crippen LogP contribution is 2.38. The third-order valence-electron chi connectivity index (χ3n) is 5.89. The van der Waals surface area contributed by atoms with E-state index in [0.717, 1.165) is 12.0 Å². The van der Waals surface area contributed by atoms with Gasteiger partial charge in [-0.25, -0.2) is 9.78 Å². The van der Waals surface area contributed by atoms with E-state index in [0.29, 0.717) is 49.0 Å². The molecule has 9 nitrogen and oxygen atoms in total. The molecule has 2 N–H and O–H groups in total. The normalized spacial score (nSPS) is 18.7. The number of ether oxygens (including phenoxy) is 2. The summed E-state index contributed by atoms with van der Waals surface area (Å²) in [5, 5.41) is 6.50. The lowest BCUT2D eigenvalue weighted by atomic mass is 9.99. The maximum absolute atomic E-state index is 12.8. The molecule has 1 unspecified atom stereocenters. The first-order chi connectivity index (χ1) is 16.1. The van der Waals surface area contributed by atoms with Crippen LogP contribution >= 0.6 is 11.3 Å². The molecule has 1 aromatic heterocycles. The van der Waals surface area contributed by atoms with Gasteiger partial charge in [-0.3, -0.25) is 14.5 Å². The first-order valence-corrected chi connectivity index (χ1v) is 12.0. The first kappa shape index (κ1) is 23.2. The summed E-state index contributed by atoms with van der Waals surface area (Å²) in [6.45, 7) is 1.85. The second-order valence-electron chi connectivity index (χ2n) is 8.08. The lowest BCUT2D eigenvalue weighted by molar-refractivity contribution is -0.122. The third kappa shape index (κ3) is 5.51. The number of hydrogen-bond donors (Lipinski definition) is 2. The van der Waals surface area contributed by atoms with Gasteiger partial charge in [-0.15, -0.1) is 0 Å². The summed E-state index contributed by atoms with van der Waals surface area (Å²) < 4.78 is 10.8. The quantitative estimate of drug-likeness (QED) is 0.667. The molecular formula is C23H28N4O5S. The van der Waals surface area contributed by atoms with Crippen molar-refractivity contribution in [1.29, 1.82) is 0 Å². The van der Waals surface area contributed by atoms with E-state index < -0.39 is 6.09 Å². The van der Waals surface area contributed by atoms with Gasteiger partial charge in [0.25, 0.3) is 5.91 Å². The van der Waals surface area contributed by atoms with Crippen molar-refractivity contribution in [1.82, 2.24) is 15.2 Å². The van der Waals surface area contributed by atoms with E-state index in [1.54, 1.807) is 4.90 Å². The lowest BCUT2D eigenvalue weighted by Gasteiger charge is -2.22. The Morgan fingerprint density at radius 3 is 2.67 bits per heavy atom. The van der Waals surface area contributed by atoms with Crippen molar-refractivity contribution in [2.24, 2.45) is 5.92 Å². The highest BCUT2D eigenvalue weighted by Gasteiger charge is 2.35. The van der Waals surface area contributed by atoms with Crippen molar-refractivity contribution in [2.45, 2.75) is 38.3 Å².